The van der Waals surface area contributed by atoms with Crippen LogP contribution in [-0.4, -0.2) is 51.5 Å². The van der Waals surface area contributed by atoms with E-state index in [9.17, 15) is 21.6 Å². The van der Waals surface area contributed by atoms with Crippen LogP contribution < -0.4 is 0 Å². The monoisotopic (exact) mass is 302 g/mol. The Morgan fingerprint density at radius 3 is 2.42 bits per heavy atom. The minimum Gasteiger partial charge on any atom is -0.383 e. The molecular weight excluding hydrogens is 285 g/mol. The van der Waals surface area contributed by atoms with Gasteiger partial charge in [0.05, 0.1) is 18.4 Å². The number of ether oxygens (including phenoxy) is 1. The first-order valence-electron chi connectivity index (χ1n) is 5.63. The average Bonchev–Trinajstić information content (AvgIpc) is 2.26. The topological polar surface area (TPSA) is 70.4 Å². The molecule has 5 nitrogen and oxygen atoms in total. The van der Waals surface area contributed by atoms with Gasteiger partial charge in [0.2, 0.25) is 10.0 Å². The van der Waals surface area contributed by atoms with E-state index in [1.165, 1.54) is 7.11 Å². The minimum atomic E-state index is -4.36. The fourth-order valence-corrected chi connectivity index (χ4v) is 2.83. The highest BCUT2D eigenvalue weighted by Gasteiger charge is 2.29. The molecule has 0 fully saturated rings. The Morgan fingerprint density at radius 1 is 1.32 bits per heavy atom. The van der Waals surface area contributed by atoms with Crippen LogP contribution in [0.1, 0.15) is 19.3 Å². The molecule has 9 heteroatoms. The first kappa shape index (κ1) is 18.1. The van der Waals surface area contributed by atoms with Crippen molar-refractivity contribution in [3.63, 3.8) is 0 Å². The first-order valence-corrected chi connectivity index (χ1v) is 7.24. The number of hydrogen-bond donors (Lipinski definition) is 0. The Bertz CT molecular complexity index is 390. The first-order chi connectivity index (χ1) is 8.73. The average molecular weight is 302 g/mol. The fraction of sp³-hybridized carbons (Fsp3) is 0.900. The van der Waals surface area contributed by atoms with Crippen LogP contribution in [0.2, 0.25) is 0 Å². The predicted molar refractivity (Wildman–Crippen MR) is 62.8 cm³/mol. The maximum atomic E-state index is 12.0. The van der Waals surface area contributed by atoms with Gasteiger partial charge in [0.25, 0.3) is 0 Å². The van der Waals surface area contributed by atoms with Crippen LogP contribution in [-0.2, 0) is 14.8 Å². The Labute approximate surface area is 111 Å². The Hall–Kier alpha value is -0.850. The number of sulfonamides is 1. The summed E-state index contributed by atoms with van der Waals surface area (Å²) in [6.07, 6.45) is -5.99. The van der Waals surface area contributed by atoms with Gasteiger partial charge in [0.15, 0.2) is 0 Å². The van der Waals surface area contributed by atoms with Gasteiger partial charge in [0, 0.05) is 33.0 Å². The maximum absolute atomic E-state index is 12.0. The van der Waals surface area contributed by atoms with Crippen LogP contribution in [0, 0.1) is 11.3 Å². The molecule has 0 aromatic heterocycles. The molecule has 112 valence electrons. The van der Waals surface area contributed by atoms with Gasteiger partial charge in [-0.1, -0.05) is 0 Å². The molecule has 0 aromatic carbocycles. The molecule has 0 radical (unpaired) electrons. The van der Waals surface area contributed by atoms with Crippen LogP contribution in [0.5, 0.6) is 0 Å². The molecule has 0 unspecified atom stereocenters. The van der Waals surface area contributed by atoms with E-state index in [1.54, 1.807) is 6.07 Å². The third kappa shape index (κ3) is 8.80. The van der Waals surface area contributed by atoms with Crippen molar-refractivity contribution in [3.8, 4) is 6.07 Å². The summed E-state index contributed by atoms with van der Waals surface area (Å²) in [7, 11) is -2.40. The van der Waals surface area contributed by atoms with Crippen molar-refractivity contribution in [1.82, 2.24) is 4.31 Å². The molecule has 0 atom stereocenters. The zero-order valence-electron chi connectivity index (χ0n) is 10.6. The highest BCUT2D eigenvalue weighted by Crippen LogP contribution is 2.22. The van der Waals surface area contributed by atoms with Crippen molar-refractivity contribution in [2.45, 2.75) is 25.4 Å². The molecule has 0 saturated heterocycles. The van der Waals surface area contributed by atoms with Gasteiger partial charge in [-0.2, -0.15) is 22.7 Å². The lowest BCUT2D eigenvalue weighted by atomic mass is 10.3. The molecular formula is C10H17F3N2O3S. The summed E-state index contributed by atoms with van der Waals surface area (Å²) in [4.78, 5) is 0. The fourth-order valence-electron chi connectivity index (χ4n) is 1.34. The van der Waals surface area contributed by atoms with E-state index < -0.39 is 34.8 Å². The third-order valence-electron chi connectivity index (χ3n) is 2.27. The summed E-state index contributed by atoms with van der Waals surface area (Å²) in [5.41, 5.74) is 0. The van der Waals surface area contributed by atoms with Crippen molar-refractivity contribution in [3.05, 3.63) is 0 Å². The van der Waals surface area contributed by atoms with Crippen LogP contribution in [0.3, 0.4) is 0 Å². The second-order valence-electron chi connectivity index (χ2n) is 3.83. The largest absolute Gasteiger partial charge is 0.389 e. The normalized spacial score (nSPS) is 12.6. The molecule has 0 N–H and O–H groups in total. The van der Waals surface area contributed by atoms with Crippen molar-refractivity contribution >= 4 is 10.0 Å². The van der Waals surface area contributed by atoms with Gasteiger partial charge >= 0.3 is 6.18 Å². The van der Waals surface area contributed by atoms with E-state index in [2.05, 4.69) is 0 Å². The van der Waals surface area contributed by atoms with E-state index in [-0.39, 0.29) is 26.1 Å². The van der Waals surface area contributed by atoms with E-state index in [0.717, 1.165) is 4.31 Å². The number of nitrogens with zero attached hydrogens (tertiary/aromatic N) is 2. The standard InChI is InChI=1S/C10H17F3N2O3S/c1-18-8-7-15(6-3-5-14)19(16,17)9-2-4-10(11,12)13/h2-4,6-9H2,1H3. The number of methoxy groups -OCH3 is 1. The quantitative estimate of drug-likeness (QED) is 0.647. The molecule has 0 rings (SSSR count). The zero-order valence-corrected chi connectivity index (χ0v) is 11.4. The van der Waals surface area contributed by atoms with Crippen molar-refractivity contribution in [2.75, 3.05) is 32.6 Å². The van der Waals surface area contributed by atoms with Crippen LogP contribution in [0.15, 0.2) is 0 Å². The van der Waals surface area contributed by atoms with Crippen LogP contribution >= 0.6 is 0 Å². The number of halogens is 3. The Balaban J connectivity index is 4.47. The smallest absolute Gasteiger partial charge is 0.383 e. The number of nitriles is 1. The molecule has 0 spiro atoms. The van der Waals surface area contributed by atoms with Gasteiger partial charge in [-0.3, -0.25) is 0 Å². The molecule has 0 saturated carbocycles. The van der Waals surface area contributed by atoms with E-state index in [4.69, 9.17) is 10.00 Å². The molecule has 0 amide bonds. The van der Waals surface area contributed by atoms with Gasteiger partial charge in [0.1, 0.15) is 0 Å². The van der Waals surface area contributed by atoms with Crippen LogP contribution in [0.25, 0.3) is 0 Å². The maximum Gasteiger partial charge on any atom is 0.389 e. The molecule has 0 bridgehead atoms. The number of hydrogen-bond acceptors (Lipinski definition) is 4. The highest BCUT2D eigenvalue weighted by molar-refractivity contribution is 7.89. The lowest BCUT2D eigenvalue weighted by Crippen LogP contribution is -2.36. The summed E-state index contributed by atoms with van der Waals surface area (Å²) in [5.74, 6) is -0.582. The van der Waals surface area contributed by atoms with E-state index in [0.29, 0.717) is 0 Å². The lowest BCUT2D eigenvalue weighted by Gasteiger charge is -2.20. The predicted octanol–water partition coefficient (Wildman–Crippen LogP) is 1.52. The SMILES string of the molecule is COCCN(CCC#N)S(=O)(=O)CCCC(F)(F)F. The molecule has 0 heterocycles. The van der Waals surface area contributed by atoms with Gasteiger partial charge in [-0.25, -0.2) is 8.42 Å². The van der Waals surface area contributed by atoms with Crippen molar-refractivity contribution < 1.29 is 26.3 Å². The molecule has 0 aromatic rings. The molecule has 0 aliphatic rings. The highest BCUT2D eigenvalue weighted by atomic mass is 32.2. The summed E-state index contributed by atoms with van der Waals surface area (Å²) >= 11 is 0. The number of alkyl halides is 3. The summed E-state index contributed by atoms with van der Waals surface area (Å²) in [6.45, 7) is 0.130. The zero-order chi connectivity index (χ0) is 14.9. The van der Waals surface area contributed by atoms with E-state index in [1.807, 2.05) is 0 Å². The molecule has 0 aliphatic heterocycles. The molecule has 0 aliphatic carbocycles. The Morgan fingerprint density at radius 2 is 1.95 bits per heavy atom. The lowest BCUT2D eigenvalue weighted by molar-refractivity contribution is -0.134. The third-order valence-corrected chi connectivity index (χ3v) is 4.23. The van der Waals surface area contributed by atoms with E-state index >= 15 is 0 Å². The second-order valence-corrected chi connectivity index (χ2v) is 5.92. The second kappa shape index (κ2) is 8.35. The van der Waals surface area contributed by atoms with Crippen LogP contribution in [0.4, 0.5) is 13.2 Å². The van der Waals surface area contributed by atoms with Crippen molar-refractivity contribution in [1.29, 1.82) is 5.26 Å². The summed E-state index contributed by atoms with van der Waals surface area (Å²) in [6, 6.07) is 1.80. The van der Waals surface area contributed by atoms with Crippen molar-refractivity contribution in [2.24, 2.45) is 0 Å². The number of rotatable bonds is 9. The van der Waals surface area contributed by atoms with Gasteiger partial charge in [-0.15, -0.1) is 0 Å². The summed E-state index contributed by atoms with van der Waals surface area (Å²) in [5, 5.41) is 8.44. The van der Waals surface area contributed by atoms with Gasteiger partial charge in [-0.05, 0) is 6.42 Å². The minimum absolute atomic E-state index is 0.0117. The Kier molecular flexibility index (Phi) is 7.97. The van der Waals surface area contributed by atoms with Gasteiger partial charge < -0.3 is 4.74 Å². The molecule has 19 heavy (non-hydrogen) atoms. The summed E-state index contributed by atoms with van der Waals surface area (Å²) < 4.78 is 65.3.